The Balaban J connectivity index is 1.70. The molecule has 0 aromatic heterocycles. The number of benzene rings is 6. The van der Waals surface area contributed by atoms with Crippen molar-refractivity contribution in [2.24, 2.45) is 0 Å². The van der Waals surface area contributed by atoms with Gasteiger partial charge >= 0.3 is 0 Å². The lowest BCUT2D eigenvalue weighted by Gasteiger charge is -2.28. The van der Waals surface area contributed by atoms with Crippen molar-refractivity contribution in [3.63, 3.8) is 0 Å². The summed E-state index contributed by atoms with van der Waals surface area (Å²) in [4.78, 5) is 55.6. The zero-order chi connectivity index (χ0) is 41.5. The molecule has 0 atom stereocenters. The fraction of sp³-hybridized carbons (Fsp3) is 0.102. The predicted molar refractivity (Wildman–Crippen MR) is 230 cm³/mol. The molecular weight excluding hydrogens is 745 g/mol. The molecule has 6 aromatic rings. The number of fused-ring (bicyclic) bond motifs is 2. The van der Waals surface area contributed by atoms with Gasteiger partial charge in [0.2, 0.25) is 0 Å². The van der Waals surface area contributed by atoms with E-state index >= 15 is 0 Å². The Kier molecular flexibility index (Phi) is 9.91. The van der Waals surface area contributed by atoms with Gasteiger partial charge in [0.05, 0.1) is 22.3 Å². The smallest absolute Gasteiger partial charge is 0.258 e. The molecule has 10 heteroatoms. The van der Waals surface area contributed by atoms with Gasteiger partial charge in [-0.25, -0.2) is 0 Å². The van der Waals surface area contributed by atoms with E-state index < -0.39 is 23.6 Å². The number of carbonyl (C=O) groups is 4. The molecule has 2 heterocycles. The van der Waals surface area contributed by atoms with E-state index in [1.807, 2.05) is 77.1 Å². The van der Waals surface area contributed by atoms with Crippen molar-refractivity contribution in [2.75, 3.05) is 0 Å². The van der Waals surface area contributed by atoms with Gasteiger partial charge in [0, 0.05) is 43.1 Å². The number of nitrogens with one attached hydrogen (secondary N) is 2. The number of hydrogen-bond donors (Lipinski definition) is 2. The molecule has 2 aliphatic heterocycles. The van der Waals surface area contributed by atoms with Crippen molar-refractivity contribution in [2.45, 2.75) is 34.6 Å². The number of carbonyl (C=O) groups excluding carboxylic acids is 4. The van der Waals surface area contributed by atoms with Gasteiger partial charge in [-0.05, 0) is 101 Å². The first-order chi connectivity index (χ1) is 28.6. The van der Waals surface area contributed by atoms with Crippen LogP contribution in [0, 0.1) is 0 Å². The van der Waals surface area contributed by atoms with Crippen molar-refractivity contribution in [3.8, 4) is 28.7 Å². The van der Waals surface area contributed by atoms with E-state index in [0.29, 0.717) is 60.4 Å². The number of amides is 4. The molecule has 4 amide bonds. The number of rotatable bonds is 12. The summed E-state index contributed by atoms with van der Waals surface area (Å²) in [5, 5.41) is 8.22. The van der Waals surface area contributed by atoms with Gasteiger partial charge in [-0.1, -0.05) is 55.2 Å². The molecule has 2 N–H and O–H groups in total. The first kappa shape index (κ1) is 38.2. The van der Waals surface area contributed by atoms with Crippen LogP contribution in [-0.4, -0.2) is 23.6 Å². The fourth-order valence-electron chi connectivity index (χ4n) is 7.71. The summed E-state index contributed by atoms with van der Waals surface area (Å²) in [6, 6.07) is 15.4. The normalized spacial score (nSPS) is 14.6. The first-order valence-electron chi connectivity index (χ1n) is 19.0. The van der Waals surface area contributed by atoms with Crippen molar-refractivity contribution in [1.29, 1.82) is 0 Å². The minimum atomic E-state index is -0.628. The molecule has 2 aliphatic rings. The van der Waals surface area contributed by atoms with E-state index in [9.17, 15) is 19.2 Å². The molecule has 59 heavy (non-hydrogen) atoms. The maximum atomic E-state index is 13.9. The van der Waals surface area contributed by atoms with Crippen molar-refractivity contribution in [1.82, 2.24) is 10.6 Å². The standard InChI is InChI=1S/C49H38N2O8/c1-7-12-14-19-26(6)56-34-22-30-38-31(47(53)50-46(30)52)24-36(58-28(11-5)18-9-3)42-43-37(59-29-20-15-13-16-21-29)25-33-39-32(48(54)51-49(33)55)23-35(57-27(10-4)17-8-2)41(45(39)43)40(34)44(38)42/h7-25H,6H2,1-5H3,(H,50,52,53)(H,51,54,55)/b12-7-,17-8-,18-9-,19-14-,27-10+,28-11+. The van der Waals surface area contributed by atoms with E-state index in [4.69, 9.17) is 18.9 Å². The van der Waals surface area contributed by atoms with Crippen molar-refractivity contribution >= 4 is 66.7 Å². The van der Waals surface area contributed by atoms with Crippen LogP contribution in [0.1, 0.15) is 76.1 Å². The van der Waals surface area contributed by atoms with E-state index in [1.165, 1.54) is 0 Å². The number of para-hydroxylation sites is 1. The first-order valence-corrected chi connectivity index (χ1v) is 19.0. The van der Waals surface area contributed by atoms with Crippen LogP contribution in [0.25, 0.3) is 43.1 Å². The van der Waals surface area contributed by atoms with Crippen LogP contribution >= 0.6 is 0 Å². The van der Waals surface area contributed by atoms with E-state index in [-0.39, 0.29) is 51.0 Å². The molecule has 0 bridgehead atoms. The summed E-state index contributed by atoms with van der Waals surface area (Å²) in [6.45, 7) is 13.4. The van der Waals surface area contributed by atoms with Crippen LogP contribution in [-0.2, 0) is 0 Å². The topological polar surface area (TPSA) is 129 Å². The minimum Gasteiger partial charge on any atom is -0.457 e. The Morgan fingerprint density at radius 1 is 0.492 bits per heavy atom. The summed E-state index contributed by atoms with van der Waals surface area (Å²) in [5.74, 6) is 0.0285. The predicted octanol–water partition coefficient (Wildman–Crippen LogP) is 11.0. The minimum absolute atomic E-state index is 0.172. The molecule has 8 rings (SSSR count). The second-order valence-electron chi connectivity index (χ2n) is 13.7. The van der Waals surface area contributed by atoms with Gasteiger partial charge in [-0.3, -0.25) is 29.8 Å². The molecule has 0 spiro atoms. The van der Waals surface area contributed by atoms with Gasteiger partial charge in [0.1, 0.15) is 46.0 Å². The van der Waals surface area contributed by atoms with Gasteiger partial charge in [-0.2, -0.15) is 0 Å². The molecular formula is C49H38N2O8. The largest absolute Gasteiger partial charge is 0.457 e. The highest BCUT2D eigenvalue weighted by atomic mass is 16.5. The average molecular weight is 783 g/mol. The molecule has 0 aliphatic carbocycles. The van der Waals surface area contributed by atoms with Gasteiger partial charge in [0.25, 0.3) is 23.6 Å². The van der Waals surface area contributed by atoms with E-state index in [0.717, 1.165) is 0 Å². The number of imide groups is 2. The second-order valence-corrected chi connectivity index (χ2v) is 13.7. The van der Waals surface area contributed by atoms with Crippen LogP contribution in [0.2, 0.25) is 0 Å². The van der Waals surface area contributed by atoms with E-state index in [2.05, 4.69) is 17.2 Å². The zero-order valence-electron chi connectivity index (χ0n) is 32.9. The summed E-state index contributed by atoms with van der Waals surface area (Å²) in [6.07, 6.45) is 17.9. The summed E-state index contributed by atoms with van der Waals surface area (Å²) < 4.78 is 26.7. The quantitative estimate of drug-likeness (QED) is 0.0413. The molecule has 6 aromatic carbocycles. The molecule has 0 saturated heterocycles. The lowest BCUT2D eigenvalue weighted by Crippen LogP contribution is -2.35. The van der Waals surface area contributed by atoms with Crippen molar-refractivity contribution < 1.29 is 38.1 Å². The maximum absolute atomic E-state index is 13.9. The fourth-order valence-corrected chi connectivity index (χ4v) is 7.71. The summed E-state index contributed by atoms with van der Waals surface area (Å²) in [7, 11) is 0. The van der Waals surface area contributed by atoms with Crippen LogP contribution in [0.4, 0.5) is 0 Å². The van der Waals surface area contributed by atoms with Gasteiger partial charge < -0.3 is 18.9 Å². The van der Waals surface area contributed by atoms with Crippen molar-refractivity contribution in [3.05, 3.63) is 161 Å². The Morgan fingerprint density at radius 3 is 1.34 bits per heavy atom. The maximum Gasteiger partial charge on any atom is 0.258 e. The Morgan fingerprint density at radius 2 is 0.915 bits per heavy atom. The van der Waals surface area contributed by atoms with Crippen LogP contribution < -0.4 is 29.6 Å². The third-order valence-corrected chi connectivity index (χ3v) is 10.1. The highest BCUT2D eigenvalue weighted by molar-refractivity contribution is 6.44. The number of hydrogen-bond acceptors (Lipinski definition) is 8. The number of allylic oxidation sites excluding steroid dienone is 10. The summed E-state index contributed by atoms with van der Waals surface area (Å²) >= 11 is 0. The monoisotopic (exact) mass is 782 g/mol. The van der Waals surface area contributed by atoms with Gasteiger partial charge in [-0.15, -0.1) is 0 Å². The van der Waals surface area contributed by atoms with Crippen LogP contribution in [0.3, 0.4) is 0 Å². The van der Waals surface area contributed by atoms with Gasteiger partial charge in [0.15, 0.2) is 0 Å². The molecule has 292 valence electrons. The Hall–Kier alpha value is -7.72. The highest BCUT2D eigenvalue weighted by Crippen LogP contribution is 2.56. The second kappa shape index (κ2) is 15.3. The van der Waals surface area contributed by atoms with Crippen LogP contribution in [0.5, 0.6) is 28.7 Å². The zero-order valence-corrected chi connectivity index (χ0v) is 32.9. The average Bonchev–Trinajstić information content (AvgIpc) is 3.22. The molecule has 0 saturated carbocycles. The summed E-state index contributed by atoms with van der Waals surface area (Å²) in [5.41, 5.74) is 0.730. The molecule has 0 radical (unpaired) electrons. The lowest BCUT2D eigenvalue weighted by atomic mass is 9.81. The van der Waals surface area contributed by atoms with E-state index in [1.54, 1.807) is 72.9 Å². The Labute approximate surface area is 339 Å². The highest BCUT2D eigenvalue weighted by Gasteiger charge is 2.37. The molecule has 10 nitrogen and oxygen atoms in total. The molecule has 0 fully saturated rings. The third-order valence-electron chi connectivity index (χ3n) is 10.1. The number of ether oxygens (including phenoxy) is 4. The SMILES string of the molecule is C=C(/C=C\C=C/C)Oc1cc2c3c(cc(OC(/C=C\C)=C/C)c4c5c(Oc6ccccc6)cc6c7c(cc(OC(/C=C\C)=C/C)c(c1c34)c75)C(=O)NC6=O)C(=O)NC2=O. The molecule has 0 unspecified atom stereocenters. The van der Waals surface area contributed by atoms with Crippen LogP contribution in [0.15, 0.2) is 139 Å². The Bertz CT molecular complexity index is 3020. The lowest BCUT2D eigenvalue weighted by molar-refractivity contribution is 0.0828. The third kappa shape index (κ3) is 6.40.